The van der Waals surface area contributed by atoms with Gasteiger partial charge in [-0.2, -0.15) is 5.10 Å². The molecule has 0 saturated heterocycles. The van der Waals surface area contributed by atoms with Gasteiger partial charge in [-0.25, -0.2) is 4.68 Å². The van der Waals surface area contributed by atoms with E-state index in [1.807, 2.05) is 54.6 Å². The maximum Gasteiger partial charge on any atom is 0.255 e. The van der Waals surface area contributed by atoms with Crippen molar-refractivity contribution < 1.29 is 4.79 Å². The molecule has 0 radical (unpaired) electrons. The molecule has 0 unspecified atom stereocenters. The Morgan fingerprint density at radius 2 is 1.75 bits per heavy atom. The number of nitrogens with two attached hydrogens (primary N) is 1. The standard InChI is InChI=1S/C26H23ClN4O/c27-20-8-3-7-19(15-20)24-16-25(28)31(30-24)21-13-11-18(12-14-21)26(32)29-23-10-4-6-17-5-1-2-9-22(17)23/h3-4,6-8,10-16H,1-2,5,9,28H2,(H,29,32). The number of aryl methyl sites for hydroxylation is 1. The second-order valence-corrected chi connectivity index (χ2v) is 8.46. The summed E-state index contributed by atoms with van der Waals surface area (Å²) in [7, 11) is 0. The van der Waals surface area contributed by atoms with E-state index < -0.39 is 0 Å². The molecule has 4 aromatic rings. The molecule has 1 aliphatic rings. The zero-order valence-corrected chi connectivity index (χ0v) is 18.3. The minimum atomic E-state index is -0.122. The first-order valence-electron chi connectivity index (χ1n) is 10.7. The molecule has 1 aromatic heterocycles. The number of aromatic nitrogens is 2. The molecule has 0 bridgehead atoms. The number of nitrogen functional groups attached to an aromatic ring is 1. The number of hydrogen-bond donors (Lipinski definition) is 2. The van der Waals surface area contributed by atoms with Crippen LogP contribution >= 0.6 is 11.6 Å². The molecule has 0 fully saturated rings. The Labute approximate surface area is 191 Å². The van der Waals surface area contributed by atoms with Crippen LogP contribution in [-0.4, -0.2) is 15.7 Å². The summed E-state index contributed by atoms with van der Waals surface area (Å²) in [5.74, 6) is 0.386. The molecular weight excluding hydrogens is 420 g/mol. The van der Waals surface area contributed by atoms with Gasteiger partial charge in [-0.05, 0) is 79.3 Å². The van der Waals surface area contributed by atoms with Crippen molar-refractivity contribution in [3.63, 3.8) is 0 Å². The fourth-order valence-electron chi connectivity index (χ4n) is 4.24. The highest BCUT2D eigenvalue weighted by Gasteiger charge is 2.16. The Hall–Kier alpha value is -3.57. The van der Waals surface area contributed by atoms with Gasteiger partial charge in [-0.3, -0.25) is 4.79 Å². The molecule has 1 aliphatic carbocycles. The highest BCUT2D eigenvalue weighted by Crippen LogP contribution is 2.29. The van der Waals surface area contributed by atoms with Crippen molar-refractivity contribution in [2.45, 2.75) is 25.7 Å². The van der Waals surface area contributed by atoms with Crippen LogP contribution in [0.3, 0.4) is 0 Å². The van der Waals surface area contributed by atoms with E-state index >= 15 is 0 Å². The van der Waals surface area contributed by atoms with Crippen LogP contribution < -0.4 is 11.1 Å². The Morgan fingerprint density at radius 1 is 0.969 bits per heavy atom. The Bertz CT molecular complexity index is 1290. The second kappa shape index (κ2) is 8.52. The second-order valence-electron chi connectivity index (χ2n) is 8.03. The number of rotatable bonds is 4. The highest BCUT2D eigenvalue weighted by atomic mass is 35.5. The van der Waals surface area contributed by atoms with E-state index in [1.54, 1.807) is 16.8 Å². The summed E-state index contributed by atoms with van der Waals surface area (Å²) in [5, 5.41) is 8.35. The predicted octanol–water partition coefficient (Wildman–Crippen LogP) is 5.91. The summed E-state index contributed by atoms with van der Waals surface area (Å²) >= 11 is 6.10. The van der Waals surface area contributed by atoms with Crippen LogP contribution in [0.25, 0.3) is 16.9 Å². The number of nitrogens with zero attached hydrogens (tertiary/aromatic N) is 2. The smallest absolute Gasteiger partial charge is 0.255 e. The lowest BCUT2D eigenvalue weighted by Crippen LogP contribution is -2.15. The summed E-state index contributed by atoms with van der Waals surface area (Å²) in [6, 6.07) is 22.7. The highest BCUT2D eigenvalue weighted by molar-refractivity contribution is 6.30. The monoisotopic (exact) mass is 442 g/mol. The molecule has 0 aliphatic heterocycles. The number of nitrogens with one attached hydrogen (secondary N) is 1. The Morgan fingerprint density at radius 3 is 2.56 bits per heavy atom. The van der Waals surface area contributed by atoms with E-state index in [4.69, 9.17) is 17.3 Å². The van der Waals surface area contributed by atoms with E-state index in [-0.39, 0.29) is 5.91 Å². The number of carbonyl (C=O) groups excluding carboxylic acids is 1. The maximum atomic E-state index is 12.9. The summed E-state index contributed by atoms with van der Waals surface area (Å²) < 4.78 is 1.66. The van der Waals surface area contributed by atoms with E-state index in [9.17, 15) is 4.79 Å². The third kappa shape index (κ3) is 3.99. The van der Waals surface area contributed by atoms with E-state index in [0.29, 0.717) is 16.4 Å². The van der Waals surface area contributed by atoms with Gasteiger partial charge in [0.15, 0.2) is 0 Å². The average molecular weight is 443 g/mol. The molecule has 6 heteroatoms. The summed E-state index contributed by atoms with van der Waals surface area (Å²) in [5.41, 5.74) is 12.7. The molecule has 1 heterocycles. The molecule has 0 saturated carbocycles. The van der Waals surface area contributed by atoms with Gasteiger partial charge < -0.3 is 11.1 Å². The van der Waals surface area contributed by atoms with Crippen molar-refractivity contribution in [2.24, 2.45) is 0 Å². The zero-order valence-electron chi connectivity index (χ0n) is 17.5. The molecule has 3 aromatic carbocycles. The van der Waals surface area contributed by atoms with Gasteiger partial charge in [-0.15, -0.1) is 0 Å². The fourth-order valence-corrected chi connectivity index (χ4v) is 4.43. The van der Waals surface area contributed by atoms with Crippen LogP contribution in [0.1, 0.15) is 34.3 Å². The van der Waals surface area contributed by atoms with E-state index in [2.05, 4.69) is 16.5 Å². The molecule has 160 valence electrons. The number of halogens is 1. The minimum Gasteiger partial charge on any atom is -0.384 e. The van der Waals surface area contributed by atoms with Crippen LogP contribution in [0.5, 0.6) is 0 Å². The van der Waals surface area contributed by atoms with Gasteiger partial charge in [0, 0.05) is 27.9 Å². The van der Waals surface area contributed by atoms with Gasteiger partial charge in [0.05, 0.1) is 11.4 Å². The third-order valence-corrected chi connectivity index (χ3v) is 6.11. The molecule has 5 rings (SSSR count). The number of amides is 1. The minimum absolute atomic E-state index is 0.122. The molecular formula is C26H23ClN4O. The van der Waals surface area contributed by atoms with Crippen LogP contribution in [0, 0.1) is 0 Å². The number of hydrogen-bond acceptors (Lipinski definition) is 3. The number of benzene rings is 3. The average Bonchev–Trinajstić information content (AvgIpc) is 3.21. The molecule has 0 spiro atoms. The molecule has 32 heavy (non-hydrogen) atoms. The molecule has 1 amide bonds. The van der Waals surface area contributed by atoms with Crippen molar-refractivity contribution in [3.8, 4) is 16.9 Å². The number of carbonyl (C=O) groups is 1. The van der Waals surface area contributed by atoms with Crippen LogP contribution in [0.4, 0.5) is 11.5 Å². The van der Waals surface area contributed by atoms with Crippen molar-refractivity contribution in [1.82, 2.24) is 9.78 Å². The molecule has 3 N–H and O–H groups in total. The van der Waals surface area contributed by atoms with Crippen LogP contribution in [0.2, 0.25) is 5.02 Å². The lowest BCUT2D eigenvalue weighted by molar-refractivity contribution is 0.102. The van der Waals surface area contributed by atoms with Gasteiger partial charge in [0.25, 0.3) is 5.91 Å². The fraction of sp³-hybridized carbons (Fsp3) is 0.154. The largest absolute Gasteiger partial charge is 0.384 e. The first-order chi connectivity index (χ1) is 15.6. The van der Waals surface area contributed by atoms with Gasteiger partial charge in [0.1, 0.15) is 5.82 Å². The van der Waals surface area contributed by atoms with Crippen molar-refractivity contribution in [1.29, 1.82) is 0 Å². The predicted molar refractivity (Wildman–Crippen MR) is 129 cm³/mol. The van der Waals surface area contributed by atoms with Crippen LogP contribution in [-0.2, 0) is 12.8 Å². The summed E-state index contributed by atoms with van der Waals surface area (Å²) in [6.45, 7) is 0. The Balaban J connectivity index is 1.36. The van der Waals surface area contributed by atoms with Gasteiger partial charge in [0.2, 0.25) is 0 Å². The Kier molecular flexibility index (Phi) is 5.41. The third-order valence-electron chi connectivity index (χ3n) is 5.88. The van der Waals surface area contributed by atoms with Crippen molar-refractivity contribution in [2.75, 3.05) is 11.1 Å². The first-order valence-corrected chi connectivity index (χ1v) is 11.1. The van der Waals surface area contributed by atoms with Crippen molar-refractivity contribution >= 4 is 29.0 Å². The topological polar surface area (TPSA) is 72.9 Å². The normalized spacial score (nSPS) is 12.9. The SMILES string of the molecule is Nc1cc(-c2cccc(Cl)c2)nn1-c1ccc(C(=O)Nc2cccc3c2CCCC3)cc1. The summed E-state index contributed by atoms with van der Waals surface area (Å²) in [6.07, 6.45) is 4.47. The number of fused-ring (bicyclic) bond motifs is 1. The zero-order chi connectivity index (χ0) is 22.1. The molecule has 5 nitrogen and oxygen atoms in total. The van der Waals surface area contributed by atoms with Gasteiger partial charge in [-0.1, -0.05) is 35.9 Å². The maximum absolute atomic E-state index is 12.9. The van der Waals surface area contributed by atoms with Crippen LogP contribution in [0.15, 0.2) is 72.8 Å². The van der Waals surface area contributed by atoms with E-state index in [0.717, 1.165) is 41.9 Å². The van der Waals surface area contributed by atoms with E-state index in [1.165, 1.54) is 17.5 Å². The number of anilines is 2. The first kappa shape index (κ1) is 20.3. The summed E-state index contributed by atoms with van der Waals surface area (Å²) in [4.78, 5) is 12.9. The van der Waals surface area contributed by atoms with Crippen molar-refractivity contribution in [3.05, 3.63) is 94.5 Å². The molecule has 0 atom stereocenters. The quantitative estimate of drug-likeness (QED) is 0.413. The lowest BCUT2D eigenvalue weighted by Gasteiger charge is -2.19. The lowest BCUT2D eigenvalue weighted by atomic mass is 9.90. The van der Waals surface area contributed by atoms with Gasteiger partial charge >= 0.3 is 0 Å².